The normalized spacial score (nSPS) is 24.0. The number of allylic oxidation sites excluding steroid dienone is 3. The van der Waals surface area contributed by atoms with E-state index in [0.29, 0.717) is 0 Å². The monoisotopic (exact) mass is 217 g/mol. The van der Waals surface area contributed by atoms with Gasteiger partial charge >= 0.3 is 0 Å². The maximum absolute atomic E-state index is 10.9. The summed E-state index contributed by atoms with van der Waals surface area (Å²) in [5.74, 6) is -0.195. The molecule has 0 amide bonds. The van der Waals surface area contributed by atoms with Crippen LogP contribution in [-0.4, -0.2) is 11.4 Å². The number of nitrogens with zero attached hydrogens (tertiary/aromatic N) is 1. The van der Waals surface area contributed by atoms with Crippen molar-refractivity contribution in [3.05, 3.63) is 36.3 Å². The molecule has 0 radical (unpaired) electrons. The zero-order chi connectivity index (χ0) is 11.8. The lowest BCUT2D eigenvalue weighted by Crippen LogP contribution is -2.23. The predicted molar refractivity (Wildman–Crippen MR) is 61.6 cm³/mol. The lowest BCUT2D eigenvalue weighted by atomic mass is 9.70. The second kappa shape index (κ2) is 3.74. The van der Waals surface area contributed by atoms with Crippen molar-refractivity contribution in [1.82, 2.24) is 5.16 Å². The van der Waals surface area contributed by atoms with Crippen molar-refractivity contribution in [3.8, 4) is 0 Å². The van der Waals surface area contributed by atoms with E-state index in [-0.39, 0.29) is 11.3 Å². The number of aldehydes is 1. The van der Waals surface area contributed by atoms with E-state index in [9.17, 15) is 4.79 Å². The highest BCUT2D eigenvalue weighted by molar-refractivity contribution is 5.76. The molecule has 1 atom stereocenters. The maximum Gasteiger partial charge on any atom is 0.130 e. The average molecular weight is 217 g/mol. The molecule has 1 aliphatic rings. The highest BCUT2D eigenvalue weighted by Gasteiger charge is 2.33. The van der Waals surface area contributed by atoms with Gasteiger partial charge in [0, 0.05) is 6.07 Å². The van der Waals surface area contributed by atoms with E-state index < -0.39 is 0 Å². The molecule has 1 aromatic heterocycles. The molecule has 3 nitrogen and oxygen atoms in total. The van der Waals surface area contributed by atoms with Crippen LogP contribution in [0.5, 0.6) is 0 Å². The van der Waals surface area contributed by atoms with E-state index in [1.165, 1.54) is 0 Å². The van der Waals surface area contributed by atoms with Gasteiger partial charge in [0.2, 0.25) is 0 Å². The maximum atomic E-state index is 10.9. The summed E-state index contributed by atoms with van der Waals surface area (Å²) in [7, 11) is 0. The van der Waals surface area contributed by atoms with Crippen molar-refractivity contribution < 1.29 is 9.32 Å². The van der Waals surface area contributed by atoms with Gasteiger partial charge in [0.1, 0.15) is 18.2 Å². The van der Waals surface area contributed by atoms with Crippen LogP contribution in [0.3, 0.4) is 0 Å². The van der Waals surface area contributed by atoms with Crippen LogP contribution in [0.4, 0.5) is 0 Å². The van der Waals surface area contributed by atoms with Gasteiger partial charge in [0.05, 0.1) is 5.92 Å². The molecule has 1 unspecified atom stereocenters. The zero-order valence-electron chi connectivity index (χ0n) is 9.56. The number of carbonyl (C=O) groups excluding carboxylic acids is 1. The van der Waals surface area contributed by atoms with Gasteiger partial charge in [-0.05, 0) is 17.4 Å². The van der Waals surface area contributed by atoms with Crippen molar-refractivity contribution in [2.75, 3.05) is 0 Å². The molecule has 84 valence electrons. The molecule has 1 aromatic rings. The summed E-state index contributed by atoms with van der Waals surface area (Å²) in [6.07, 6.45) is 5.22. The van der Waals surface area contributed by atoms with Gasteiger partial charge in [-0.25, -0.2) is 0 Å². The molecule has 1 heterocycles. The summed E-state index contributed by atoms with van der Waals surface area (Å²) in [6, 6.07) is 1.82. The topological polar surface area (TPSA) is 43.1 Å². The van der Waals surface area contributed by atoms with Crippen molar-refractivity contribution in [2.24, 2.45) is 11.3 Å². The summed E-state index contributed by atoms with van der Waals surface area (Å²) in [5.41, 5.74) is 2.79. The van der Waals surface area contributed by atoms with Crippen LogP contribution in [0.25, 0.3) is 5.57 Å². The first-order chi connectivity index (χ1) is 7.54. The standard InChI is InChI=1S/C13H15NO2/c1-9-7-13(2,3)11(6-10(9)8-15)12-4-5-16-14-12/h4-6,8,10H,1,7H2,2-3H3. The molecule has 0 aromatic carbocycles. The Kier molecular flexibility index (Phi) is 2.54. The molecule has 2 rings (SSSR count). The molecule has 3 heteroatoms. The Morgan fingerprint density at radius 1 is 1.62 bits per heavy atom. The van der Waals surface area contributed by atoms with E-state index in [2.05, 4.69) is 25.6 Å². The van der Waals surface area contributed by atoms with E-state index >= 15 is 0 Å². The van der Waals surface area contributed by atoms with E-state index in [1.807, 2.05) is 12.1 Å². The van der Waals surface area contributed by atoms with Crippen LogP contribution in [0.2, 0.25) is 0 Å². The molecule has 0 bridgehead atoms. The lowest BCUT2D eigenvalue weighted by Gasteiger charge is -2.34. The highest BCUT2D eigenvalue weighted by Crippen LogP contribution is 2.45. The summed E-state index contributed by atoms with van der Waals surface area (Å²) in [4.78, 5) is 10.9. The zero-order valence-corrected chi connectivity index (χ0v) is 9.56. The molecule has 0 saturated carbocycles. The van der Waals surface area contributed by atoms with Crippen molar-refractivity contribution in [1.29, 1.82) is 0 Å². The third kappa shape index (κ3) is 1.73. The quantitative estimate of drug-likeness (QED) is 0.565. The van der Waals surface area contributed by atoms with Crippen molar-refractivity contribution >= 4 is 11.9 Å². The van der Waals surface area contributed by atoms with Crippen LogP contribution in [0.1, 0.15) is 26.0 Å². The van der Waals surface area contributed by atoms with E-state index in [1.54, 1.807) is 6.26 Å². The SMILES string of the molecule is C=C1CC(C)(C)C(c2ccon2)=CC1C=O. The molecular formula is C13H15NO2. The van der Waals surface area contributed by atoms with Gasteiger partial charge in [-0.3, -0.25) is 0 Å². The molecule has 0 saturated heterocycles. The molecular weight excluding hydrogens is 202 g/mol. The Bertz CT molecular complexity index is 441. The number of hydrogen-bond donors (Lipinski definition) is 0. The predicted octanol–water partition coefficient (Wildman–Crippen LogP) is 2.86. The van der Waals surface area contributed by atoms with Crippen LogP contribution in [-0.2, 0) is 4.79 Å². The van der Waals surface area contributed by atoms with Crippen LogP contribution < -0.4 is 0 Å². The highest BCUT2D eigenvalue weighted by atomic mass is 16.5. The second-order valence-electron chi connectivity index (χ2n) is 4.85. The minimum absolute atomic E-state index is 0.0481. The lowest BCUT2D eigenvalue weighted by molar-refractivity contribution is -0.109. The smallest absolute Gasteiger partial charge is 0.130 e. The Morgan fingerprint density at radius 3 is 2.94 bits per heavy atom. The first-order valence-electron chi connectivity index (χ1n) is 5.30. The van der Waals surface area contributed by atoms with Gasteiger partial charge < -0.3 is 9.32 Å². The average Bonchev–Trinajstić information content (AvgIpc) is 2.69. The van der Waals surface area contributed by atoms with Crippen molar-refractivity contribution in [2.45, 2.75) is 20.3 Å². The van der Waals surface area contributed by atoms with Gasteiger partial charge in [-0.1, -0.05) is 37.2 Å². The third-order valence-corrected chi connectivity index (χ3v) is 3.08. The molecule has 0 N–H and O–H groups in total. The van der Waals surface area contributed by atoms with E-state index in [0.717, 1.165) is 29.5 Å². The Hall–Kier alpha value is -1.64. The van der Waals surface area contributed by atoms with Gasteiger partial charge in [0.25, 0.3) is 0 Å². The summed E-state index contributed by atoms with van der Waals surface area (Å²) >= 11 is 0. The minimum Gasteiger partial charge on any atom is -0.364 e. The Balaban J connectivity index is 2.48. The van der Waals surface area contributed by atoms with Crippen LogP contribution in [0.15, 0.2) is 35.1 Å². The summed E-state index contributed by atoms with van der Waals surface area (Å²) in [5, 5.41) is 3.94. The van der Waals surface area contributed by atoms with Gasteiger partial charge in [-0.2, -0.15) is 0 Å². The fourth-order valence-corrected chi connectivity index (χ4v) is 2.22. The summed E-state index contributed by atoms with van der Waals surface area (Å²) < 4.78 is 4.86. The number of carbonyl (C=O) groups is 1. The first-order valence-corrected chi connectivity index (χ1v) is 5.30. The van der Waals surface area contributed by atoms with Crippen LogP contribution >= 0.6 is 0 Å². The Morgan fingerprint density at radius 2 is 2.38 bits per heavy atom. The third-order valence-electron chi connectivity index (χ3n) is 3.08. The number of rotatable bonds is 2. The second-order valence-corrected chi connectivity index (χ2v) is 4.85. The fourth-order valence-electron chi connectivity index (χ4n) is 2.22. The van der Waals surface area contributed by atoms with Crippen molar-refractivity contribution in [3.63, 3.8) is 0 Å². The van der Waals surface area contributed by atoms with Gasteiger partial charge in [0.15, 0.2) is 0 Å². The fraction of sp³-hybridized carbons (Fsp3) is 0.385. The first kappa shape index (κ1) is 10.9. The van der Waals surface area contributed by atoms with Crippen LogP contribution in [0, 0.1) is 11.3 Å². The molecule has 16 heavy (non-hydrogen) atoms. The molecule has 0 aliphatic heterocycles. The van der Waals surface area contributed by atoms with E-state index in [4.69, 9.17) is 4.52 Å². The molecule has 1 aliphatic carbocycles. The Labute approximate surface area is 94.8 Å². The largest absolute Gasteiger partial charge is 0.364 e. The van der Waals surface area contributed by atoms with Gasteiger partial charge in [-0.15, -0.1) is 0 Å². The summed E-state index contributed by atoms with van der Waals surface area (Å²) in [6.45, 7) is 8.21. The number of aromatic nitrogens is 1. The number of hydrogen-bond acceptors (Lipinski definition) is 3. The molecule has 0 spiro atoms. The molecule has 0 fully saturated rings. The minimum atomic E-state index is -0.195.